The highest BCUT2D eigenvalue weighted by Gasteiger charge is 2.18. The lowest BCUT2D eigenvalue weighted by molar-refractivity contribution is -0.127. The van der Waals surface area contributed by atoms with Crippen molar-refractivity contribution in [2.45, 2.75) is 25.9 Å². The van der Waals surface area contributed by atoms with Gasteiger partial charge in [0.2, 0.25) is 11.8 Å². The third kappa shape index (κ3) is 5.53. The molecule has 0 aliphatic carbocycles. The molecule has 21 heavy (non-hydrogen) atoms. The number of hydrogen-bond acceptors (Lipinski definition) is 4. The Balaban J connectivity index is 2.47. The van der Waals surface area contributed by atoms with Crippen LogP contribution in [0.25, 0.3) is 0 Å². The van der Waals surface area contributed by atoms with Gasteiger partial charge in [-0.1, -0.05) is 44.2 Å². The molecule has 5 N–H and O–H groups in total. The topological polar surface area (TPSA) is 104 Å². The van der Waals surface area contributed by atoms with Crippen LogP contribution in [0.1, 0.15) is 25.5 Å². The molecule has 1 rings (SSSR count). The van der Waals surface area contributed by atoms with E-state index in [0.717, 1.165) is 5.56 Å². The second kappa shape index (κ2) is 8.39. The van der Waals surface area contributed by atoms with Crippen molar-refractivity contribution in [3.63, 3.8) is 0 Å². The van der Waals surface area contributed by atoms with Crippen molar-refractivity contribution in [3.8, 4) is 0 Å². The Bertz CT molecular complexity index is 462. The van der Waals surface area contributed by atoms with Crippen molar-refractivity contribution in [2.75, 3.05) is 13.2 Å². The Kier molecular flexibility index (Phi) is 6.84. The monoisotopic (exact) mass is 293 g/mol. The van der Waals surface area contributed by atoms with E-state index in [1.807, 2.05) is 44.2 Å². The normalized spacial score (nSPS) is 13.6. The van der Waals surface area contributed by atoms with E-state index in [1.165, 1.54) is 0 Å². The smallest absolute Gasteiger partial charge is 0.239 e. The predicted octanol–water partition coefficient (Wildman–Crippen LogP) is -0.0643. The third-order valence-electron chi connectivity index (χ3n) is 3.16. The van der Waals surface area contributed by atoms with Crippen LogP contribution in [-0.4, -0.2) is 36.1 Å². The summed E-state index contributed by atoms with van der Waals surface area (Å²) in [5.41, 5.74) is 6.49. The predicted molar refractivity (Wildman–Crippen MR) is 80.2 cm³/mol. The van der Waals surface area contributed by atoms with Gasteiger partial charge in [0.15, 0.2) is 0 Å². The van der Waals surface area contributed by atoms with Gasteiger partial charge in [-0.3, -0.25) is 9.59 Å². The number of nitrogens with one attached hydrogen (secondary N) is 2. The maximum Gasteiger partial charge on any atom is 0.239 e. The molecule has 2 amide bonds. The van der Waals surface area contributed by atoms with E-state index in [1.54, 1.807) is 0 Å². The quantitative estimate of drug-likeness (QED) is 0.565. The van der Waals surface area contributed by atoms with Crippen molar-refractivity contribution < 1.29 is 14.7 Å². The average molecular weight is 293 g/mol. The number of aliphatic hydroxyl groups excluding tert-OH is 1. The molecule has 0 saturated carbocycles. The SMILES string of the molecule is CC(C)[C@H](N)C(=O)NCC(=O)NC(CO)c1ccccc1. The van der Waals surface area contributed by atoms with Crippen LogP contribution in [0.3, 0.4) is 0 Å². The van der Waals surface area contributed by atoms with Crippen molar-refractivity contribution in [2.24, 2.45) is 11.7 Å². The molecule has 0 aliphatic rings. The lowest BCUT2D eigenvalue weighted by Crippen LogP contribution is -2.47. The molecule has 0 heterocycles. The lowest BCUT2D eigenvalue weighted by atomic mass is 10.1. The fourth-order valence-electron chi connectivity index (χ4n) is 1.75. The zero-order valence-electron chi connectivity index (χ0n) is 12.4. The van der Waals surface area contributed by atoms with Gasteiger partial charge < -0.3 is 21.5 Å². The van der Waals surface area contributed by atoms with E-state index in [9.17, 15) is 14.7 Å². The number of nitrogens with two attached hydrogens (primary N) is 1. The molecule has 116 valence electrons. The molecule has 0 aliphatic heterocycles. The van der Waals surface area contributed by atoms with E-state index in [4.69, 9.17) is 5.73 Å². The van der Waals surface area contributed by atoms with Gasteiger partial charge in [-0.2, -0.15) is 0 Å². The Labute approximate surface area is 124 Å². The van der Waals surface area contributed by atoms with Crippen LogP contribution in [0.4, 0.5) is 0 Å². The zero-order valence-corrected chi connectivity index (χ0v) is 12.4. The van der Waals surface area contributed by atoms with Crippen LogP contribution in [0.5, 0.6) is 0 Å². The second-order valence-corrected chi connectivity index (χ2v) is 5.20. The molecule has 1 aromatic rings. The van der Waals surface area contributed by atoms with Crippen molar-refractivity contribution in [3.05, 3.63) is 35.9 Å². The summed E-state index contributed by atoms with van der Waals surface area (Å²) >= 11 is 0. The first kappa shape index (κ1) is 17.1. The molecule has 0 spiro atoms. The van der Waals surface area contributed by atoms with Gasteiger partial charge in [0.1, 0.15) is 0 Å². The molecular weight excluding hydrogens is 270 g/mol. The van der Waals surface area contributed by atoms with Crippen molar-refractivity contribution >= 4 is 11.8 Å². The molecule has 0 saturated heterocycles. The maximum atomic E-state index is 11.8. The number of aliphatic hydroxyl groups is 1. The summed E-state index contributed by atoms with van der Waals surface area (Å²) in [6.45, 7) is 3.29. The molecule has 0 fully saturated rings. The van der Waals surface area contributed by atoms with Crippen LogP contribution in [-0.2, 0) is 9.59 Å². The summed E-state index contributed by atoms with van der Waals surface area (Å²) in [6, 6.07) is 8.01. The van der Waals surface area contributed by atoms with E-state index < -0.39 is 12.1 Å². The fourth-order valence-corrected chi connectivity index (χ4v) is 1.75. The van der Waals surface area contributed by atoms with E-state index in [0.29, 0.717) is 0 Å². The van der Waals surface area contributed by atoms with Crippen molar-refractivity contribution in [1.82, 2.24) is 10.6 Å². The fraction of sp³-hybridized carbons (Fsp3) is 0.467. The number of rotatable bonds is 7. The minimum Gasteiger partial charge on any atom is -0.394 e. The minimum atomic E-state index is -0.638. The molecular formula is C15H23N3O3. The second-order valence-electron chi connectivity index (χ2n) is 5.20. The Hall–Kier alpha value is -1.92. The number of amides is 2. The highest BCUT2D eigenvalue weighted by atomic mass is 16.3. The largest absolute Gasteiger partial charge is 0.394 e. The third-order valence-corrected chi connectivity index (χ3v) is 3.16. The maximum absolute atomic E-state index is 11.8. The molecule has 1 aromatic carbocycles. The molecule has 0 bridgehead atoms. The summed E-state index contributed by atoms with van der Waals surface area (Å²) in [5, 5.41) is 14.5. The van der Waals surface area contributed by atoms with Crippen LogP contribution in [0, 0.1) is 5.92 Å². The van der Waals surface area contributed by atoms with E-state index in [-0.39, 0.29) is 30.9 Å². The summed E-state index contributed by atoms with van der Waals surface area (Å²) < 4.78 is 0. The molecule has 0 aromatic heterocycles. The van der Waals surface area contributed by atoms with Crippen molar-refractivity contribution in [1.29, 1.82) is 0 Å². The standard InChI is InChI=1S/C15H23N3O3/c1-10(2)14(16)15(21)17-8-13(20)18-12(9-19)11-6-4-3-5-7-11/h3-7,10,12,14,19H,8-9,16H2,1-2H3,(H,17,21)(H,18,20)/t12?,14-/m0/s1. The first-order chi connectivity index (χ1) is 9.95. The Morgan fingerprint density at radius 1 is 1.24 bits per heavy atom. The first-order valence-corrected chi connectivity index (χ1v) is 6.94. The van der Waals surface area contributed by atoms with E-state index in [2.05, 4.69) is 10.6 Å². The highest BCUT2D eigenvalue weighted by Crippen LogP contribution is 2.11. The summed E-state index contributed by atoms with van der Waals surface area (Å²) in [4.78, 5) is 23.5. The van der Waals surface area contributed by atoms with Gasteiger partial charge >= 0.3 is 0 Å². The van der Waals surface area contributed by atoms with Crippen LogP contribution >= 0.6 is 0 Å². The molecule has 0 radical (unpaired) electrons. The van der Waals surface area contributed by atoms with Gasteiger partial charge in [-0.15, -0.1) is 0 Å². The zero-order chi connectivity index (χ0) is 15.8. The summed E-state index contributed by atoms with van der Waals surface area (Å²) in [6.07, 6.45) is 0. The van der Waals surface area contributed by atoms with E-state index >= 15 is 0 Å². The van der Waals surface area contributed by atoms with Gasteiger partial charge in [0.25, 0.3) is 0 Å². The average Bonchev–Trinajstić information content (AvgIpc) is 2.50. The minimum absolute atomic E-state index is 0.00238. The molecule has 6 nitrogen and oxygen atoms in total. The number of hydrogen-bond donors (Lipinski definition) is 4. The number of carbonyl (C=O) groups excluding carboxylic acids is 2. The lowest BCUT2D eigenvalue weighted by Gasteiger charge is -2.18. The van der Waals surface area contributed by atoms with Crippen LogP contribution < -0.4 is 16.4 Å². The van der Waals surface area contributed by atoms with Gasteiger partial charge in [-0.25, -0.2) is 0 Å². The Morgan fingerprint density at radius 3 is 2.38 bits per heavy atom. The first-order valence-electron chi connectivity index (χ1n) is 6.94. The summed E-state index contributed by atoms with van der Waals surface area (Å²) in [7, 11) is 0. The number of benzene rings is 1. The Morgan fingerprint density at radius 2 is 1.86 bits per heavy atom. The number of carbonyl (C=O) groups is 2. The van der Waals surface area contributed by atoms with Crippen LogP contribution in [0.2, 0.25) is 0 Å². The van der Waals surface area contributed by atoms with Gasteiger partial charge in [-0.05, 0) is 11.5 Å². The molecule has 1 unspecified atom stereocenters. The highest BCUT2D eigenvalue weighted by molar-refractivity contribution is 5.87. The van der Waals surface area contributed by atoms with Gasteiger partial charge in [0, 0.05) is 0 Å². The van der Waals surface area contributed by atoms with Gasteiger partial charge in [0.05, 0.1) is 25.2 Å². The van der Waals surface area contributed by atoms with Crippen LogP contribution in [0.15, 0.2) is 30.3 Å². The molecule has 6 heteroatoms. The molecule has 2 atom stereocenters. The summed E-state index contributed by atoms with van der Waals surface area (Å²) in [5.74, 6) is -0.731.